The van der Waals surface area contributed by atoms with Gasteiger partial charge in [0.05, 0.1) is 24.3 Å². The van der Waals surface area contributed by atoms with Gasteiger partial charge in [-0.1, -0.05) is 17.7 Å². The van der Waals surface area contributed by atoms with Gasteiger partial charge in [0.2, 0.25) is 5.91 Å². The molecule has 2 N–H and O–H groups in total. The first-order valence-corrected chi connectivity index (χ1v) is 7.41. The quantitative estimate of drug-likeness (QED) is 0.613. The van der Waals surface area contributed by atoms with E-state index in [2.05, 4.69) is 10.6 Å². The maximum absolute atomic E-state index is 12.1. The van der Waals surface area contributed by atoms with Gasteiger partial charge in [0, 0.05) is 28.9 Å². The van der Waals surface area contributed by atoms with Crippen molar-refractivity contribution >= 4 is 34.6 Å². The number of ether oxygens (including phenoxy) is 1. The molecule has 0 aliphatic carbocycles. The van der Waals surface area contributed by atoms with Crippen molar-refractivity contribution in [1.82, 2.24) is 0 Å². The zero-order valence-electron chi connectivity index (χ0n) is 13.1. The Morgan fingerprint density at radius 3 is 2.75 bits per heavy atom. The van der Waals surface area contributed by atoms with Crippen LogP contribution < -0.4 is 15.4 Å². The van der Waals surface area contributed by atoms with Gasteiger partial charge in [-0.15, -0.1) is 0 Å². The Morgan fingerprint density at radius 1 is 1.33 bits per heavy atom. The Hall–Kier alpha value is -2.80. The van der Waals surface area contributed by atoms with Crippen molar-refractivity contribution < 1.29 is 14.5 Å². The Labute approximate surface area is 143 Å². The van der Waals surface area contributed by atoms with Crippen LogP contribution in [0.3, 0.4) is 0 Å². The lowest BCUT2D eigenvalue weighted by Gasteiger charge is -2.13. The molecule has 126 valence electrons. The summed E-state index contributed by atoms with van der Waals surface area (Å²) in [6, 6.07) is 9.27. The van der Waals surface area contributed by atoms with E-state index in [1.165, 1.54) is 19.2 Å². The Bertz CT molecular complexity index is 780. The number of rotatable bonds is 6. The average molecular weight is 350 g/mol. The third kappa shape index (κ3) is 4.36. The van der Waals surface area contributed by atoms with Gasteiger partial charge in [0.15, 0.2) is 0 Å². The minimum atomic E-state index is -0.493. The van der Waals surface area contributed by atoms with Crippen molar-refractivity contribution in [2.24, 2.45) is 0 Å². The molecule has 0 fully saturated rings. The van der Waals surface area contributed by atoms with E-state index in [9.17, 15) is 14.9 Å². The topological polar surface area (TPSA) is 93.5 Å². The van der Waals surface area contributed by atoms with Gasteiger partial charge >= 0.3 is 0 Å². The molecule has 7 nitrogen and oxygen atoms in total. The van der Waals surface area contributed by atoms with Gasteiger partial charge in [-0.25, -0.2) is 0 Å². The minimum absolute atomic E-state index is 0.0459. The van der Waals surface area contributed by atoms with Crippen LogP contribution in [0.25, 0.3) is 0 Å². The Kier molecular flexibility index (Phi) is 5.59. The first-order chi connectivity index (χ1) is 11.4. The minimum Gasteiger partial charge on any atom is -0.495 e. The molecule has 0 aliphatic heterocycles. The van der Waals surface area contributed by atoms with Crippen LogP contribution in [0, 0.1) is 17.0 Å². The van der Waals surface area contributed by atoms with Gasteiger partial charge in [-0.05, 0) is 24.6 Å². The van der Waals surface area contributed by atoms with E-state index in [4.69, 9.17) is 16.3 Å². The molecule has 0 saturated carbocycles. The first-order valence-electron chi connectivity index (χ1n) is 7.03. The fourth-order valence-electron chi connectivity index (χ4n) is 2.04. The Morgan fingerprint density at radius 2 is 2.08 bits per heavy atom. The number of nitro benzene ring substituents is 1. The van der Waals surface area contributed by atoms with Gasteiger partial charge in [-0.3, -0.25) is 14.9 Å². The number of nitrogens with zero attached hydrogens (tertiary/aromatic N) is 1. The summed E-state index contributed by atoms with van der Waals surface area (Å²) in [7, 11) is 1.48. The lowest BCUT2D eigenvalue weighted by atomic mass is 10.2. The smallest absolute Gasteiger partial charge is 0.271 e. The number of halogens is 1. The lowest BCUT2D eigenvalue weighted by Crippen LogP contribution is -2.22. The van der Waals surface area contributed by atoms with Crippen molar-refractivity contribution in [2.75, 3.05) is 24.3 Å². The molecule has 0 spiro atoms. The van der Waals surface area contributed by atoms with E-state index in [1.807, 2.05) is 6.92 Å². The van der Waals surface area contributed by atoms with Crippen LogP contribution in [0.1, 0.15) is 5.56 Å². The molecule has 2 aromatic rings. The SMILES string of the molecule is COc1cc(Cl)c(C)cc1NC(=O)CNc1cccc([N+](=O)[O-])c1. The summed E-state index contributed by atoms with van der Waals surface area (Å²) in [5.74, 6) is 0.135. The summed E-state index contributed by atoms with van der Waals surface area (Å²) in [4.78, 5) is 22.3. The highest BCUT2D eigenvalue weighted by atomic mass is 35.5. The number of hydrogen-bond acceptors (Lipinski definition) is 5. The predicted molar refractivity (Wildman–Crippen MR) is 93.0 cm³/mol. The number of anilines is 2. The zero-order chi connectivity index (χ0) is 17.7. The van der Waals surface area contributed by atoms with Crippen molar-refractivity contribution in [2.45, 2.75) is 6.92 Å². The third-order valence-corrected chi connectivity index (χ3v) is 3.67. The molecule has 0 atom stereocenters. The second-order valence-electron chi connectivity index (χ2n) is 5.01. The summed E-state index contributed by atoms with van der Waals surface area (Å²) in [6.07, 6.45) is 0. The highest BCUT2D eigenvalue weighted by molar-refractivity contribution is 6.31. The van der Waals surface area contributed by atoms with E-state index < -0.39 is 4.92 Å². The number of carbonyl (C=O) groups is 1. The lowest BCUT2D eigenvalue weighted by molar-refractivity contribution is -0.384. The number of nitro groups is 1. The molecule has 1 amide bonds. The number of hydrogen-bond donors (Lipinski definition) is 2. The van der Waals surface area contributed by atoms with Gasteiger partial charge in [0.25, 0.3) is 5.69 Å². The van der Waals surface area contributed by atoms with E-state index in [0.29, 0.717) is 22.1 Å². The molecule has 0 bridgehead atoms. The van der Waals surface area contributed by atoms with Crippen molar-refractivity contribution in [3.63, 3.8) is 0 Å². The number of carbonyl (C=O) groups excluding carboxylic acids is 1. The molecular weight excluding hydrogens is 334 g/mol. The largest absolute Gasteiger partial charge is 0.495 e. The van der Waals surface area contributed by atoms with E-state index in [0.717, 1.165) is 5.56 Å². The zero-order valence-corrected chi connectivity index (χ0v) is 13.9. The molecule has 2 rings (SSSR count). The highest BCUT2D eigenvalue weighted by Crippen LogP contribution is 2.30. The van der Waals surface area contributed by atoms with Crippen molar-refractivity contribution in [3.05, 3.63) is 57.1 Å². The standard InChI is InChI=1S/C16H16ClN3O4/c1-10-6-14(15(24-2)8-13(10)17)19-16(21)9-18-11-4-3-5-12(7-11)20(22)23/h3-8,18H,9H2,1-2H3,(H,19,21). The van der Waals surface area contributed by atoms with Crippen LogP contribution in [-0.4, -0.2) is 24.5 Å². The average Bonchev–Trinajstić information content (AvgIpc) is 2.56. The number of non-ortho nitro benzene ring substituents is 1. The summed E-state index contributed by atoms with van der Waals surface area (Å²) in [5, 5.41) is 16.8. The maximum Gasteiger partial charge on any atom is 0.271 e. The molecule has 24 heavy (non-hydrogen) atoms. The molecular formula is C16H16ClN3O4. The molecule has 8 heteroatoms. The molecule has 0 aromatic heterocycles. The van der Waals surface area contributed by atoms with E-state index in [-0.39, 0.29) is 18.1 Å². The van der Waals surface area contributed by atoms with Crippen LogP contribution in [0.15, 0.2) is 36.4 Å². The predicted octanol–water partition coefficient (Wildman–Crippen LogP) is 3.62. The fraction of sp³-hybridized carbons (Fsp3) is 0.188. The van der Waals surface area contributed by atoms with Crippen molar-refractivity contribution in [1.29, 1.82) is 0 Å². The third-order valence-electron chi connectivity index (χ3n) is 3.26. The van der Waals surface area contributed by atoms with Gasteiger partial charge in [0.1, 0.15) is 5.75 Å². The molecule has 0 radical (unpaired) electrons. The second-order valence-corrected chi connectivity index (χ2v) is 5.42. The summed E-state index contributed by atoms with van der Waals surface area (Å²) < 4.78 is 5.19. The van der Waals surface area contributed by atoms with Crippen LogP contribution in [-0.2, 0) is 4.79 Å². The van der Waals surface area contributed by atoms with Crippen LogP contribution >= 0.6 is 11.6 Å². The first kappa shape index (κ1) is 17.6. The number of nitrogens with one attached hydrogen (secondary N) is 2. The summed E-state index contributed by atoms with van der Waals surface area (Å²) in [5.41, 5.74) is 1.75. The molecule has 0 aliphatic rings. The van der Waals surface area contributed by atoms with Crippen LogP contribution in [0.4, 0.5) is 17.1 Å². The molecule has 0 unspecified atom stereocenters. The highest BCUT2D eigenvalue weighted by Gasteiger charge is 2.11. The monoisotopic (exact) mass is 349 g/mol. The second kappa shape index (κ2) is 7.65. The Balaban J connectivity index is 2.03. The van der Waals surface area contributed by atoms with E-state index in [1.54, 1.807) is 24.3 Å². The van der Waals surface area contributed by atoms with Crippen molar-refractivity contribution in [3.8, 4) is 5.75 Å². The summed E-state index contributed by atoms with van der Waals surface area (Å²) in [6.45, 7) is 1.77. The molecule has 2 aromatic carbocycles. The summed E-state index contributed by atoms with van der Waals surface area (Å²) >= 11 is 6.02. The number of benzene rings is 2. The number of amides is 1. The van der Waals surface area contributed by atoms with E-state index >= 15 is 0 Å². The van der Waals surface area contributed by atoms with Crippen LogP contribution in [0.2, 0.25) is 5.02 Å². The van der Waals surface area contributed by atoms with Gasteiger partial charge < -0.3 is 15.4 Å². The number of aryl methyl sites for hydroxylation is 1. The normalized spacial score (nSPS) is 10.1. The maximum atomic E-state index is 12.1. The molecule has 0 saturated heterocycles. The molecule has 0 heterocycles. The number of methoxy groups -OCH3 is 1. The van der Waals surface area contributed by atoms with Crippen LogP contribution in [0.5, 0.6) is 5.75 Å². The fourth-order valence-corrected chi connectivity index (χ4v) is 2.19. The van der Waals surface area contributed by atoms with Gasteiger partial charge in [-0.2, -0.15) is 0 Å².